The lowest BCUT2D eigenvalue weighted by Gasteiger charge is -2.20. The van der Waals surface area contributed by atoms with Gasteiger partial charge in [-0.2, -0.15) is 13.2 Å². The molecule has 22 heavy (non-hydrogen) atoms. The molecule has 0 bridgehead atoms. The predicted molar refractivity (Wildman–Crippen MR) is 83.6 cm³/mol. The second-order valence-electron chi connectivity index (χ2n) is 4.48. The molecule has 0 radical (unpaired) electrons. The van der Waals surface area contributed by atoms with E-state index in [9.17, 15) is 13.2 Å². The molecule has 2 rings (SSSR count). The summed E-state index contributed by atoms with van der Waals surface area (Å²) >= 11 is 5.65. The van der Waals surface area contributed by atoms with Gasteiger partial charge in [0.15, 0.2) is 0 Å². The Labute approximate surface area is 138 Å². The van der Waals surface area contributed by atoms with Gasteiger partial charge in [-0.3, -0.25) is 0 Å². The minimum absolute atomic E-state index is 0. The molecule has 0 fully saturated rings. The average molecular weight is 351 g/mol. The molecular weight excluding hydrogens is 336 g/mol. The summed E-state index contributed by atoms with van der Waals surface area (Å²) in [5.74, 6) is 0. The van der Waals surface area contributed by atoms with Gasteiger partial charge in [-0.1, -0.05) is 48.0 Å². The first-order valence-electron chi connectivity index (χ1n) is 6.46. The summed E-state index contributed by atoms with van der Waals surface area (Å²) < 4.78 is 44.5. The minimum atomic E-state index is -4.49. The highest BCUT2D eigenvalue weighted by atomic mass is 35.5. The van der Waals surface area contributed by atoms with Crippen molar-refractivity contribution in [3.8, 4) is 0 Å². The van der Waals surface area contributed by atoms with Crippen molar-refractivity contribution >= 4 is 24.0 Å². The molecule has 0 saturated carbocycles. The van der Waals surface area contributed by atoms with E-state index in [1.165, 1.54) is 6.07 Å². The largest absolute Gasteiger partial charge is 0.417 e. The third kappa shape index (κ3) is 4.38. The van der Waals surface area contributed by atoms with Gasteiger partial charge in [0.25, 0.3) is 0 Å². The highest BCUT2D eigenvalue weighted by Gasteiger charge is 2.34. The summed E-state index contributed by atoms with van der Waals surface area (Å²) in [5, 5.41) is -0.311. The van der Waals surface area contributed by atoms with Gasteiger partial charge in [0.05, 0.1) is 10.6 Å². The normalized spacial score (nSPS) is 12.6. The Bertz CT molecular complexity index is 600. The highest BCUT2D eigenvalue weighted by Crippen LogP contribution is 2.37. The minimum Gasteiger partial charge on any atom is -0.369 e. The summed E-state index contributed by atoms with van der Waals surface area (Å²) in [6.07, 6.45) is -5.03. The van der Waals surface area contributed by atoms with Crippen molar-refractivity contribution in [2.75, 3.05) is 6.61 Å². The van der Waals surface area contributed by atoms with Gasteiger partial charge in [-0.05, 0) is 30.2 Å². The van der Waals surface area contributed by atoms with E-state index < -0.39 is 17.8 Å². The Kier molecular flexibility index (Phi) is 6.72. The maximum Gasteiger partial charge on any atom is 0.417 e. The summed E-state index contributed by atoms with van der Waals surface area (Å²) in [4.78, 5) is 0. The Morgan fingerprint density at radius 3 is 2.23 bits per heavy atom. The average Bonchev–Trinajstić information content (AvgIpc) is 2.45. The van der Waals surface area contributed by atoms with Gasteiger partial charge in [0.1, 0.15) is 6.10 Å². The van der Waals surface area contributed by atoms with E-state index in [0.717, 1.165) is 11.6 Å². The number of halogens is 5. The van der Waals surface area contributed by atoms with Crippen LogP contribution in [0.4, 0.5) is 13.2 Å². The topological polar surface area (TPSA) is 9.23 Å². The Balaban J connectivity index is 0.00000242. The van der Waals surface area contributed by atoms with Crippen LogP contribution < -0.4 is 0 Å². The van der Waals surface area contributed by atoms with E-state index in [-0.39, 0.29) is 17.4 Å². The van der Waals surface area contributed by atoms with Crippen molar-refractivity contribution < 1.29 is 17.9 Å². The Morgan fingerprint density at radius 2 is 1.68 bits per heavy atom. The van der Waals surface area contributed by atoms with Gasteiger partial charge >= 0.3 is 6.18 Å². The zero-order valence-corrected chi connectivity index (χ0v) is 13.3. The SMILES string of the molecule is CCOC(c1ccccc1)c1ccc(Cl)c(C(F)(F)F)c1.Cl. The summed E-state index contributed by atoms with van der Waals surface area (Å²) in [5.41, 5.74) is 0.386. The van der Waals surface area contributed by atoms with Crippen LogP contribution in [-0.2, 0) is 10.9 Å². The first kappa shape index (κ1) is 18.8. The van der Waals surface area contributed by atoms with Crippen LogP contribution in [0, 0.1) is 0 Å². The molecule has 0 spiro atoms. The fourth-order valence-corrected chi connectivity index (χ4v) is 2.33. The summed E-state index contributed by atoms with van der Waals surface area (Å²) in [6, 6.07) is 13.0. The molecule has 120 valence electrons. The molecule has 0 aliphatic heterocycles. The van der Waals surface area contributed by atoms with Crippen LogP contribution in [-0.4, -0.2) is 6.61 Å². The standard InChI is InChI=1S/C16H14ClF3O.ClH/c1-2-21-15(11-6-4-3-5-7-11)12-8-9-14(17)13(10-12)16(18,19)20;/h3-10,15H,2H2,1H3;1H. The molecule has 0 saturated heterocycles. The van der Waals surface area contributed by atoms with E-state index >= 15 is 0 Å². The zero-order valence-electron chi connectivity index (χ0n) is 11.7. The first-order valence-corrected chi connectivity index (χ1v) is 6.84. The van der Waals surface area contributed by atoms with Gasteiger partial charge < -0.3 is 4.74 Å². The van der Waals surface area contributed by atoms with E-state index in [1.807, 2.05) is 30.3 Å². The first-order chi connectivity index (χ1) is 9.93. The van der Waals surface area contributed by atoms with E-state index in [0.29, 0.717) is 12.2 Å². The molecule has 0 aliphatic rings. The fraction of sp³-hybridized carbons (Fsp3) is 0.250. The second-order valence-corrected chi connectivity index (χ2v) is 4.89. The summed E-state index contributed by atoms with van der Waals surface area (Å²) in [7, 11) is 0. The predicted octanol–water partition coefficient (Wildman–Crippen LogP) is 5.91. The number of alkyl halides is 3. The third-order valence-corrected chi connectivity index (χ3v) is 3.36. The van der Waals surface area contributed by atoms with Gasteiger partial charge in [0.2, 0.25) is 0 Å². The van der Waals surface area contributed by atoms with Gasteiger partial charge in [0, 0.05) is 6.61 Å². The maximum atomic E-state index is 13.0. The van der Waals surface area contributed by atoms with Crippen LogP contribution in [0.1, 0.15) is 29.7 Å². The highest BCUT2D eigenvalue weighted by molar-refractivity contribution is 6.31. The van der Waals surface area contributed by atoms with Crippen molar-refractivity contribution in [1.82, 2.24) is 0 Å². The van der Waals surface area contributed by atoms with Crippen LogP contribution in [0.15, 0.2) is 48.5 Å². The third-order valence-electron chi connectivity index (χ3n) is 3.03. The number of benzene rings is 2. The molecule has 2 aromatic carbocycles. The molecule has 0 aromatic heterocycles. The van der Waals surface area contributed by atoms with Crippen molar-refractivity contribution in [1.29, 1.82) is 0 Å². The fourth-order valence-electron chi connectivity index (χ4n) is 2.10. The zero-order chi connectivity index (χ0) is 15.5. The van der Waals surface area contributed by atoms with Crippen molar-refractivity contribution in [2.45, 2.75) is 19.2 Å². The van der Waals surface area contributed by atoms with E-state index in [4.69, 9.17) is 16.3 Å². The molecular formula is C16H15Cl2F3O. The maximum absolute atomic E-state index is 13.0. The molecule has 0 N–H and O–H groups in total. The molecule has 6 heteroatoms. The van der Waals surface area contributed by atoms with Crippen LogP contribution in [0.2, 0.25) is 5.02 Å². The van der Waals surface area contributed by atoms with Gasteiger partial charge in [-0.25, -0.2) is 0 Å². The lowest BCUT2D eigenvalue weighted by atomic mass is 9.99. The molecule has 1 unspecified atom stereocenters. The van der Waals surface area contributed by atoms with Crippen LogP contribution in [0.5, 0.6) is 0 Å². The van der Waals surface area contributed by atoms with Crippen LogP contribution in [0.25, 0.3) is 0 Å². The number of hydrogen-bond acceptors (Lipinski definition) is 1. The second kappa shape index (κ2) is 7.86. The molecule has 0 aliphatic carbocycles. The van der Waals surface area contributed by atoms with E-state index in [2.05, 4.69) is 0 Å². The molecule has 0 heterocycles. The van der Waals surface area contributed by atoms with E-state index in [1.54, 1.807) is 13.0 Å². The number of hydrogen-bond donors (Lipinski definition) is 0. The summed E-state index contributed by atoms with van der Waals surface area (Å²) in [6.45, 7) is 2.19. The van der Waals surface area contributed by atoms with Crippen LogP contribution >= 0.6 is 24.0 Å². The molecule has 1 atom stereocenters. The smallest absolute Gasteiger partial charge is 0.369 e. The Hall–Kier alpha value is -1.23. The van der Waals surface area contributed by atoms with Gasteiger partial charge in [-0.15, -0.1) is 12.4 Å². The number of ether oxygens (including phenoxy) is 1. The van der Waals surface area contributed by atoms with Crippen molar-refractivity contribution in [3.05, 3.63) is 70.2 Å². The molecule has 1 nitrogen and oxygen atoms in total. The van der Waals surface area contributed by atoms with Crippen LogP contribution in [0.3, 0.4) is 0 Å². The lowest BCUT2D eigenvalue weighted by molar-refractivity contribution is -0.137. The van der Waals surface area contributed by atoms with Crippen molar-refractivity contribution in [3.63, 3.8) is 0 Å². The van der Waals surface area contributed by atoms with Crippen molar-refractivity contribution in [2.24, 2.45) is 0 Å². The quantitative estimate of drug-likeness (QED) is 0.666. The monoisotopic (exact) mass is 350 g/mol. The number of rotatable bonds is 4. The molecule has 2 aromatic rings. The lowest BCUT2D eigenvalue weighted by Crippen LogP contribution is -2.10. The molecule has 0 amide bonds. The Morgan fingerprint density at radius 1 is 1.05 bits per heavy atom.